The van der Waals surface area contributed by atoms with Crippen molar-refractivity contribution in [2.45, 2.75) is 46.1 Å². The van der Waals surface area contributed by atoms with Crippen LogP contribution in [0.2, 0.25) is 0 Å². The van der Waals surface area contributed by atoms with Gasteiger partial charge in [0.1, 0.15) is 12.2 Å². The molecule has 0 bridgehead atoms. The molecule has 3 heterocycles. The maximum absolute atomic E-state index is 13.3. The summed E-state index contributed by atoms with van der Waals surface area (Å²) in [6.07, 6.45) is 3.64. The van der Waals surface area contributed by atoms with Gasteiger partial charge in [0, 0.05) is 62.4 Å². The molecule has 2 aliphatic heterocycles. The van der Waals surface area contributed by atoms with Crippen molar-refractivity contribution in [2.75, 3.05) is 31.6 Å². The predicted octanol–water partition coefficient (Wildman–Crippen LogP) is 2.93. The molecule has 2 amide bonds. The molecule has 8 nitrogen and oxygen atoms in total. The monoisotopic (exact) mass is 425 g/mol. The summed E-state index contributed by atoms with van der Waals surface area (Å²) < 4.78 is 7.82. The molecule has 4 rings (SSSR count). The average Bonchev–Trinajstić information content (AvgIpc) is 3.32. The molecule has 2 aromatic rings. The fraction of sp³-hybridized carbons (Fsp3) is 0.565. The first-order valence-electron chi connectivity index (χ1n) is 11.0. The molecule has 1 atom stereocenters. The molecule has 2 aliphatic rings. The minimum Gasteiger partial charge on any atom is -0.381 e. The SMILES string of the molecule is CC(=O)Nc1ccc(C(=O)N2CC(c3nncn3CC(C)C)C3(CCOCC3)C2)cc1. The molecule has 1 spiro atoms. The molecule has 1 aromatic heterocycles. The van der Waals surface area contributed by atoms with E-state index >= 15 is 0 Å². The van der Waals surface area contributed by atoms with E-state index in [0.717, 1.165) is 25.2 Å². The number of ether oxygens (including phenoxy) is 1. The van der Waals surface area contributed by atoms with E-state index in [9.17, 15) is 9.59 Å². The first-order chi connectivity index (χ1) is 14.9. The molecule has 8 heteroatoms. The van der Waals surface area contributed by atoms with Gasteiger partial charge in [0.15, 0.2) is 0 Å². The Labute approximate surface area is 183 Å². The normalized spacial score (nSPS) is 20.4. The highest BCUT2D eigenvalue weighted by Gasteiger charge is 2.51. The first-order valence-corrected chi connectivity index (χ1v) is 11.0. The standard InChI is InChI=1S/C23H31N5O3/c1-16(2)12-28-15-24-26-21(28)20-13-27(14-23(20)8-10-31-11-9-23)22(30)18-4-6-19(7-5-18)25-17(3)29/h4-7,15-16,20H,8-14H2,1-3H3,(H,25,29). The van der Waals surface area contributed by atoms with Gasteiger partial charge in [-0.1, -0.05) is 13.8 Å². The zero-order valence-corrected chi connectivity index (χ0v) is 18.5. The number of nitrogens with zero attached hydrogens (tertiary/aromatic N) is 4. The second kappa shape index (κ2) is 8.78. The maximum atomic E-state index is 13.3. The van der Waals surface area contributed by atoms with E-state index in [0.29, 0.717) is 43.5 Å². The average molecular weight is 426 g/mol. The van der Waals surface area contributed by atoms with Crippen molar-refractivity contribution in [3.05, 3.63) is 42.0 Å². The molecule has 1 unspecified atom stereocenters. The van der Waals surface area contributed by atoms with Gasteiger partial charge in [-0.25, -0.2) is 0 Å². The van der Waals surface area contributed by atoms with Gasteiger partial charge in [-0.2, -0.15) is 0 Å². The van der Waals surface area contributed by atoms with Gasteiger partial charge in [0.25, 0.3) is 5.91 Å². The minimum atomic E-state index is -0.131. The van der Waals surface area contributed by atoms with Crippen LogP contribution >= 0.6 is 0 Å². The zero-order valence-electron chi connectivity index (χ0n) is 18.5. The molecule has 0 aliphatic carbocycles. The Kier molecular flexibility index (Phi) is 6.09. The Morgan fingerprint density at radius 2 is 1.94 bits per heavy atom. The third-order valence-corrected chi connectivity index (χ3v) is 6.39. The molecule has 2 saturated heterocycles. The number of hydrogen-bond donors (Lipinski definition) is 1. The third-order valence-electron chi connectivity index (χ3n) is 6.39. The summed E-state index contributed by atoms with van der Waals surface area (Å²) >= 11 is 0. The summed E-state index contributed by atoms with van der Waals surface area (Å²) in [5, 5.41) is 11.4. The van der Waals surface area contributed by atoms with Crippen molar-refractivity contribution in [3.63, 3.8) is 0 Å². The number of carbonyl (C=O) groups is 2. The molecule has 166 valence electrons. The molecule has 2 fully saturated rings. The van der Waals surface area contributed by atoms with Gasteiger partial charge in [-0.15, -0.1) is 10.2 Å². The van der Waals surface area contributed by atoms with Crippen LogP contribution in [0.15, 0.2) is 30.6 Å². The van der Waals surface area contributed by atoms with E-state index in [4.69, 9.17) is 4.74 Å². The lowest BCUT2D eigenvalue weighted by Gasteiger charge is -2.37. The summed E-state index contributed by atoms with van der Waals surface area (Å²) in [5.74, 6) is 1.49. The second-order valence-corrected chi connectivity index (χ2v) is 9.21. The largest absolute Gasteiger partial charge is 0.381 e. The van der Waals surface area contributed by atoms with Crippen LogP contribution in [0.5, 0.6) is 0 Å². The number of likely N-dealkylation sites (tertiary alicyclic amines) is 1. The van der Waals surface area contributed by atoms with Crippen LogP contribution in [-0.4, -0.2) is 57.8 Å². The summed E-state index contributed by atoms with van der Waals surface area (Å²) in [5.41, 5.74) is 1.28. The van der Waals surface area contributed by atoms with Gasteiger partial charge >= 0.3 is 0 Å². The van der Waals surface area contributed by atoms with Crippen molar-refractivity contribution in [2.24, 2.45) is 11.3 Å². The van der Waals surface area contributed by atoms with E-state index in [1.54, 1.807) is 24.3 Å². The number of nitrogens with one attached hydrogen (secondary N) is 1. The van der Waals surface area contributed by atoms with Crippen molar-refractivity contribution in [3.8, 4) is 0 Å². The van der Waals surface area contributed by atoms with E-state index < -0.39 is 0 Å². The quantitative estimate of drug-likeness (QED) is 0.796. The van der Waals surface area contributed by atoms with Crippen LogP contribution in [-0.2, 0) is 16.1 Å². The molecule has 0 saturated carbocycles. The Hall–Kier alpha value is -2.74. The van der Waals surface area contributed by atoms with Crippen molar-refractivity contribution >= 4 is 17.5 Å². The molecular weight excluding hydrogens is 394 g/mol. The van der Waals surface area contributed by atoms with E-state index in [2.05, 4.69) is 33.9 Å². The van der Waals surface area contributed by atoms with Crippen molar-refractivity contribution in [1.29, 1.82) is 0 Å². The van der Waals surface area contributed by atoms with E-state index in [1.165, 1.54) is 6.92 Å². The Morgan fingerprint density at radius 3 is 2.58 bits per heavy atom. The molecule has 1 N–H and O–H groups in total. The fourth-order valence-corrected chi connectivity index (χ4v) is 4.91. The fourth-order valence-electron chi connectivity index (χ4n) is 4.91. The number of hydrogen-bond acceptors (Lipinski definition) is 5. The van der Waals surface area contributed by atoms with E-state index in [1.807, 2.05) is 11.2 Å². The number of carbonyl (C=O) groups excluding carboxylic acids is 2. The summed E-state index contributed by atoms with van der Waals surface area (Å²) in [6, 6.07) is 7.09. The predicted molar refractivity (Wildman–Crippen MR) is 117 cm³/mol. The molecule has 31 heavy (non-hydrogen) atoms. The lowest BCUT2D eigenvalue weighted by Crippen LogP contribution is -2.38. The second-order valence-electron chi connectivity index (χ2n) is 9.21. The summed E-state index contributed by atoms with van der Waals surface area (Å²) in [7, 11) is 0. The summed E-state index contributed by atoms with van der Waals surface area (Å²) in [6.45, 7) is 9.44. The van der Waals surface area contributed by atoms with Crippen LogP contribution in [0.25, 0.3) is 0 Å². The molecule has 0 radical (unpaired) electrons. The molecular formula is C23H31N5O3. The number of rotatable bonds is 5. The van der Waals surface area contributed by atoms with Gasteiger partial charge in [-0.05, 0) is 43.0 Å². The molecule has 1 aromatic carbocycles. The lowest BCUT2D eigenvalue weighted by atomic mass is 9.71. The van der Waals surface area contributed by atoms with Gasteiger partial charge in [0.2, 0.25) is 5.91 Å². The summed E-state index contributed by atoms with van der Waals surface area (Å²) in [4.78, 5) is 26.6. The van der Waals surface area contributed by atoms with Gasteiger partial charge < -0.3 is 19.5 Å². The van der Waals surface area contributed by atoms with Crippen LogP contribution in [0.1, 0.15) is 55.7 Å². The Morgan fingerprint density at radius 1 is 1.23 bits per heavy atom. The van der Waals surface area contributed by atoms with Crippen molar-refractivity contribution < 1.29 is 14.3 Å². The highest BCUT2D eigenvalue weighted by Crippen LogP contribution is 2.49. The Balaban J connectivity index is 1.59. The topological polar surface area (TPSA) is 89.4 Å². The lowest BCUT2D eigenvalue weighted by molar-refractivity contribution is -0.114. The van der Waals surface area contributed by atoms with Gasteiger partial charge in [-0.3, -0.25) is 9.59 Å². The van der Waals surface area contributed by atoms with E-state index in [-0.39, 0.29) is 23.1 Å². The number of benzene rings is 1. The van der Waals surface area contributed by atoms with Gasteiger partial charge in [0.05, 0.1) is 0 Å². The van der Waals surface area contributed by atoms with Crippen molar-refractivity contribution in [1.82, 2.24) is 19.7 Å². The van der Waals surface area contributed by atoms with Crippen LogP contribution in [0.3, 0.4) is 0 Å². The number of amides is 2. The van der Waals surface area contributed by atoms with Crippen LogP contribution in [0.4, 0.5) is 5.69 Å². The van der Waals surface area contributed by atoms with Crippen LogP contribution < -0.4 is 5.32 Å². The first kappa shape index (κ1) is 21.5. The minimum absolute atomic E-state index is 0.0117. The third kappa shape index (κ3) is 4.49. The highest BCUT2D eigenvalue weighted by atomic mass is 16.5. The highest BCUT2D eigenvalue weighted by molar-refractivity contribution is 5.95. The maximum Gasteiger partial charge on any atom is 0.253 e. The number of anilines is 1. The Bertz CT molecular complexity index is 931. The smallest absolute Gasteiger partial charge is 0.253 e. The van der Waals surface area contributed by atoms with Crippen LogP contribution in [0, 0.1) is 11.3 Å². The number of aromatic nitrogens is 3. The zero-order chi connectivity index (χ0) is 22.0.